The van der Waals surface area contributed by atoms with E-state index in [0.717, 1.165) is 35.7 Å². The summed E-state index contributed by atoms with van der Waals surface area (Å²) in [6.45, 7) is 6.31. The van der Waals surface area contributed by atoms with E-state index in [1.807, 2.05) is 30.3 Å². The number of likely N-dealkylation sites (tertiary alicyclic amines) is 1. The van der Waals surface area contributed by atoms with E-state index in [-0.39, 0.29) is 11.9 Å². The maximum Gasteiger partial charge on any atom is 0.123 e. The SMILES string of the molecule is CC1=Nc2ccc(Cl)cc2C(c2ccc(F)cc2)N1CCN1CCCCC1. The highest BCUT2D eigenvalue weighted by atomic mass is 35.5. The van der Waals surface area contributed by atoms with Crippen molar-refractivity contribution in [3.05, 3.63) is 64.4 Å². The van der Waals surface area contributed by atoms with Crippen LogP contribution in [0.5, 0.6) is 0 Å². The van der Waals surface area contributed by atoms with Gasteiger partial charge in [0.05, 0.1) is 11.7 Å². The van der Waals surface area contributed by atoms with Crippen LogP contribution in [0.3, 0.4) is 0 Å². The molecule has 1 fully saturated rings. The molecule has 5 heteroatoms. The minimum atomic E-state index is -0.217. The van der Waals surface area contributed by atoms with Crippen LogP contribution in [0.15, 0.2) is 47.5 Å². The first-order valence-corrected chi connectivity index (χ1v) is 10.1. The average molecular weight is 386 g/mol. The van der Waals surface area contributed by atoms with Crippen LogP contribution >= 0.6 is 11.6 Å². The molecule has 2 aromatic rings. The van der Waals surface area contributed by atoms with Crippen molar-refractivity contribution in [2.24, 2.45) is 4.99 Å². The molecule has 2 aliphatic heterocycles. The minimum Gasteiger partial charge on any atom is -0.348 e. The van der Waals surface area contributed by atoms with Gasteiger partial charge in [0.2, 0.25) is 0 Å². The highest BCUT2D eigenvalue weighted by Crippen LogP contribution is 2.40. The van der Waals surface area contributed by atoms with Crippen molar-refractivity contribution in [3.63, 3.8) is 0 Å². The van der Waals surface area contributed by atoms with Gasteiger partial charge in [-0.25, -0.2) is 9.38 Å². The van der Waals surface area contributed by atoms with Crippen LogP contribution in [-0.2, 0) is 0 Å². The molecule has 0 saturated carbocycles. The Hall–Kier alpha value is -1.91. The Morgan fingerprint density at radius 3 is 2.52 bits per heavy atom. The van der Waals surface area contributed by atoms with E-state index in [9.17, 15) is 4.39 Å². The molecule has 2 aliphatic rings. The van der Waals surface area contributed by atoms with Crippen molar-refractivity contribution in [2.45, 2.75) is 32.2 Å². The van der Waals surface area contributed by atoms with Gasteiger partial charge < -0.3 is 9.80 Å². The van der Waals surface area contributed by atoms with E-state index >= 15 is 0 Å². The Kier molecular flexibility index (Phi) is 5.46. The van der Waals surface area contributed by atoms with Crippen LogP contribution in [0.25, 0.3) is 0 Å². The van der Waals surface area contributed by atoms with Crippen LogP contribution in [0, 0.1) is 5.82 Å². The average Bonchev–Trinajstić information content (AvgIpc) is 2.68. The normalized spacial score (nSPS) is 20.3. The van der Waals surface area contributed by atoms with Crippen LogP contribution < -0.4 is 0 Å². The first kappa shape index (κ1) is 18.5. The maximum absolute atomic E-state index is 13.5. The van der Waals surface area contributed by atoms with Gasteiger partial charge in [-0.3, -0.25) is 0 Å². The van der Waals surface area contributed by atoms with Gasteiger partial charge in [-0.2, -0.15) is 0 Å². The summed E-state index contributed by atoms with van der Waals surface area (Å²) >= 11 is 6.30. The lowest BCUT2D eigenvalue weighted by Crippen LogP contribution is -2.42. The zero-order chi connectivity index (χ0) is 18.8. The molecular formula is C22H25ClFN3. The quantitative estimate of drug-likeness (QED) is 0.699. The number of hydrogen-bond acceptors (Lipinski definition) is 3. The van der Waals surface area contributed by atoms with E-state index in [4.69, 9.17) is 16.6 Å². The van der Waals surface area contributed by atoms with Crippen molar-refractivity contribution in [3.8, 4) is 0 Å². The third kappa shape index (κ3) is 4.02. The van der Waals surface area contributed by atoms with Gasteiger partial charge >= 0.3 is 0 Å². The van der Waals surface area contributed by atoms with Crippen LogP contribution in [0.2, 0.25) is 5.02 Å². The number of aliphatic imine (C=N–C) groups is 1. The van der Waals surface area contributed by atoms with Gasteiger partial charge in [0.15, 0.2) is 0 Å². The fourth-order valence-corrected chi connectivity index (χ4v) is 4.35. The lowest BCUT2D eigenvalue weighted by Gasteiger charge is -2.39. The van der Waals surface area contributed by atoms with E-state index in [1.54, 1.807) is 0 Å². The largest absolute Gasteiger partial charge is 0.348 e. The summed E-state index contributed by atoms with van der Waals surface area (Å²) in [5.74, 6) is 0.780. The summed E-state index contributed by atoms with van der Waals surface area (Å²) in [6.07, 6.45) is 3.91. The molecule has 0 aliphatic carbocycles. The van der Waals surface area contributed by atoms with E-state index in [0.29, 0.717) is 5.02 Å². The summed E-state index contributed by atoms with van der Waals surface area (Å²) in [7, 11) is 0. The van der Waals surface area contributed by atoms with Crippen molar-refractivity contribution in [2.75, 3.05) is 26.2 Å². The third-order valence-corrected chi connectivity index (χ3v) is 5.82. The van der Waals surface area contributed by atoms with Gasteiger partial charge in [-0.1, -0.05) is 30.2 Å². The maximum atomic E-state index is 13.5. The number of amidine groups is 1. The smallest absolute Gasteiger partial charge is 0.123 e. The molecule has 1 saturated heterocycles. The molecule has 4 rings (SSSR count). The predicted octanol–water partition coefficient (Wildman–Crippen LogP) is 5.42. The van der Waals surface area contributed by atoms with Crippen LogP contribution in [-0.4, -0.2) is 41.8 Å². The fraction of sp³-hybridized carbons (Fsp3) is 0.409. The number of rotatable bonds is 4. The van der Waals surface area contributed by atoms with Gasteiger partial charge in [-0.15, -0.1) is 0 Å². The summed E-state index contributed by atoms with van der Waals surface area (Å²) in [6, 6.07) is 12.7. The molecular weight excluding hydrogens is 361 g/mol. The standard InChI is InChI=1S/C22H25ClFN3/c1-16-25-21-10-7-18(23)15-20(21)22(17-5-8-19(24)9-6-17)27(16)14-13-26-11-3-2-4-12-26/h5-10,15,22H,2-4,11-14H2,1H3. The Balaban J connectivity index is 1.67. The molecule has 1 atom stereocenters. The molecule has 0 bridgehead atoms. The predicted molar refractivity (Wildman–Crippen MR) is 109 cm³/mol. The summed E-state index contributed by atoms with van der Waals surface area (Å²) in [5, 5.41) is 0.701. The molecule has 3 nitrogen and oxygen atoms in total. The second-order valence-corrected chi connectivity index (χ2v) is 7.85. The Labute approximate surface area is 165 Å². The van der Waals surface area contributed by atoms with Crippen LogP contribution in [0.1, 0.15) is 43.4 Å². The fourth-order valence-electron chi connectivity index (χ4n) is 4.17. The number of fused-ring (bicyclic) bond motifs is 1. The molecule has 0 spiro atoms. The Bertz CT molecular complexity index is 828. The number of piperidine rings is 1. The molecule has 0 aromatic heterocycles. The summed E-state index contributed by atoms with van der Waals surface area (Å²) in [4.78, 5) is 9.68. The minimum absolute atomic E-state index is 0.00147. The molecule has 2 heterocycles. The Morgan fingerprint density at radius 1 is 1.04 bits per heavy atom. The van der Waals surface area contributed by atoms with E-state index < -0.39 is 0 Å². The highest BCUT2D eigenvalue weighted by molar-refractivity contribution is 6.30. The summed E-state index contributed by atoms with van der Waals surface area (Å²) in [5.41, 5.74) is 3.09. The third-order valence-electron chi connectivity index (χ3n) is 5.59. The van der Waals surface area contributed by atoms with Crippen molar-refractivity contribution >= 4 is 23.1 Å². The lowest BCUT2D eigenvalue weighted by atomic mass is 9.93. The van der Waals surface area contributed by atoms with Crippen molar-refractivity contribution in [1.82, 2.24) is 9.80 Å². The first-order chi connectivity index (χ1) is 13.1. The number of benzene rings is 2. The van der Waals surface area contributed by atoms with Gasteiger partial charge in [0.25, 0.3) is 0 Å². The topological polar surface area (TPSA) is 18.8 Å². The number of hydrogen-bond donors (Lipinski definition) is 0. The van der Waals surface area contributed by atoms with Gasteiger partial charge in [0, 0.05) is 23.7 Å². The molecule has 1 unspecified atom stereocenters. The summed E-state index contributed by atoms with van der Waals surface area (Å²) < 4.78 is 13.5. The highest BCUT2D eigenvalue weighted by Gasteiger charge is 2.30. The number of halogens is 2. The molecule has 2 aromatic carbocycles. The van der Waals surface area contributed by atoms with E-state index in [2.05, 4.69) is 16.7 Å². The lowest BCUT2D eigenvalue weighted by molar-refractivity contribution is 0.201. The molecule has 142 valence electrons. The molecule has 0 N–H and O–H groups in total. The van der Waals surface area contributed by atoms with Crippen LogP contribution in [0.4, 0.5) is 10.1 Å². The van der Waals surface area contributed by atoms with Gasteiger partial charge in [-0.05, 0) is 68.8 Å². The Morgan fingerprint density at radius 2 is 1.78 bits per heavy atom. The van der Waals surface area contributed by atoms with E-state index in [1.165, 1.54) is 44.5 Å². The molecule has 27 heavy (non-hydrogen) atoms. The zero-order valence-corrected chi connectivity index (χ0v) is 16.4. The second kappa shape index (κ2) is 7.99. The zero-order valence-electron chi connectivity index (χ0n) is 15.7. The molecule has 0 amide bonds. The van der Waals surface area contributed by atoms with Crippen molar-refractivity contribution in [1.29, 1.82) is 0 Å². The van der Waals surface area contributed by atoms with Gasteiger partial charge in [0.1, 0.15) is 11.7 Å². The molecule has 0 radical (unpaired) electrons. The van der Waals surface area contributed by atoms with Crippen molar-refractivity contribution < 1.29 is 4.39 Å². The monoisotopic (exact) mass is 385 g/mol. The second-order valence-electron chi connectivity index (χ2n) is 7.41. The number of nitrogens with zero attached hydrogens (tertiary/aromatic N) is 3. The first-order valence-electron chi connectivity index (χ1n) is 9.71.